The van der Waals surface area contributed by atoms with Crippen LogP contribution in [0.4, 0.5) is 11.5 Å². The molecule has 0 aliphatic heterocycles. The second-order valence-corrected chi connectivity index (χ2v) is 4.15. The molecule has 3 heteroatoms. The fourth-order valence-electron chi connectivity index (χ4n) is 1.76. The highest BCUT2D eigenvalue weighted by atomic mass is 15.0. The number of aromatic nitrogens is 1. The number of hydrogen-bond donors (Lipinski definition) is 2. The zero-order valence-corrected chi connectivity index (χ0v) is 10.2. The molecular formula is C14H17N3. The van der Waals surface area contributed by atoms with Crippen LogP contribution in [-0.2, 0) is 6.54 Å². The van der Waals surface area contributed by atoms with Crippen LogP contribution < -0.4 is 11.1 Å². The minimum Gasteiger partial charge on any atom is -0.340 e. The molecule has 1 aromatic carbocycles. The predicted octanol–water partition coefficient (Wildman–Crippen LogP) is 2.90. The number of benzene rings is 1. The molecule has 0 fully saturated rings. The summed E-state index contributed by atoms with van der Waals surface area (Å²) in [5.41, 5.74) is 10.1. The van der Waals surface area contributed by atoms with Crippen molar-refractivity contribution in [1.29, 1.82) is 0 Å². The third-order valence-electron chi connectivity index (χ3n) is 2.79. The molecule has 17 heavy (non-hydrogen) atoms. The molecule has 3 nitrogen and oxygen atoms in total. The summed E-state index contributed by atoms with van der Waals surface area (Å²) >= 11 is 0. The zero-order chi connectivity index (χ0) is 12.3. The van der Waals surface area contributed by atoms with Gasteiger partial charge in [0.05, 0.1) is 0 Å². The van der Waals surface area contributed by atoms with E-state index in [2.05, 4.69) is 42.3 Å². The molecule has 0 aliphatic carbocycles. The average Bonchev–Trinajstić information content (AvgIpc) is 2.35. The third kappa shape index (κ3) is 2.63. The van der Waals surface area contributed by atoms with Gasteiger partial charge in [0.1, 0.15) is 5.82 Å². The van der Waals surface area contributed by atoms with Crippen molar-refractivity contribution in [2.45, 2.75) is 20.4 Å². The highest BCUT2D eigenvalue weighted by Gasteiger charge is 2.02. The van der Waals surface area contributed by atoms with E-state index in [1.54, 1.807) is 6.20 Å². The molecule has 2 rings (SSSR count). The van der Waals surface area contributed by atoms with Crippen LogP contribution in [0.25, 0.3) is 0 Å². The molecule has 1 heterocycles. The molecule has 0 saturated heterocycles. The Bertz CT molecular complexity index is 483. The Kier molecular flexibility index (Phi) is 3.40. The average molecular weight is 227 g/mol. The molecular weight excluding hydrogens is 210 g/mol. The predicted molar refractivity (Wildman–Crippen MR) is 71.3 cm³/mol. The largest absolute Gasteiger partial charge is 0.340 e. The monoisotopic (exact) mass is 227 g/mol. The molecule has 3 N–H and O–H groups in total. The fraction of sp³-hybridized carbons (Fsp3) is 0.214. The number of para-hydroxylation sites is 1. The van der Waals surface area contributed by atoms with Gasteiger partial charge in [0.15, 0.2) is 0 Å². The lowest BCUT2D eigenvalue weighted by atomic mass is 10.1. The van der Waals surface area contributed by atoms with E-state index < -0.39 is 0 Å². The first-order valence-corrected chi connectivity index (χ1v) is 5.69. The van der Waals surface area contributed by atoms with Crippen molar-refractivity contribution in [3.8, 4) is 0 Å². The summed E-state index contributed by atoms with van der Waals surface area (Å²) in [6, 6.07) is 10.2. The van der Waals surface area contributed by atoms with Crippen LogP contribution in [0.1, 0.15) is 16.7 Å². The summed E-state index contributed by atoms with van der Waals surface area (Å²) in [5, 5.41) is 3.34. The number of pyridine rings is 1. The van der Waals surface area contributed by atoms with Crippen LogP contribution in [0.15, 0.2) is 36.5 Å². The molecule has 0 spiro atoms. The summed E-state index contributed by atoms with van der Waals surface area (Å²) in [5.74, 6) is 0.847. The Balaban J connectivity index is 2.25. The molecule has 0 radical (unpaired) electrons. The number of anilines is 2. The van der Waals surface area contributed by atoms with Crippen molar-refractivity contribution in [2.24, 2.45) is 5.73 Å². The van der Waals surface area contributed by atoms with Gasteiger partial charge in [0.2, 0.25) is 0 Å². The molecule has 0 atom stereocenters. The first kappa shape index (κ1) is 11.6. The second-order valence-electron chi connectivity index (χ2n) is 4.15. The number of nitrogens with one attached hydrogen (secondary N) is 1. The molecule has 2 aromatic rings. The molecule has 0 unspecified atom stereocenters. The minimum absolute atomic E-state index is 0.524. The van der Waals surface area contributed by atoms with Gasteiger partial charge in [-0.1, -0.05) is 24.3 Å². The lowest BCUT2D eigenvalue weighted by molar-refractivity contribution is 1.05. The number of aryl methyl sites for hydroxylation is 2. The second kappa shape index (κ2) is 4.97. The van der Waals surface area contributed by atoms with E-state index in [9.17, 15) is 0 Å². The van der Waals surface area contributed by atoms with E-state index in [1.807, 2.05) is 12.1 Å². The maximum absolute atomic E-state index is 5.54. The summed E-state index contributed by atoms with van der Waals surface area (Å²) in [4.78, 5) is 4.34. The third-order valence-corrected chi connectivity index (χ3v) is 2.79. The first-order chi connectivity index (χ1) is 8.20. The molecule has 0 aliphatic rings. The Morgan fingerprint density at radius 1 is 1.12 bits per heavy atom. The van der Waals surface area contributed by atoms with Gasteiger partial charge in [-0.3, -0.25) is 0 Å². The zero-order valence-electron chi connectivity index (χ0n) is 10.2. The van der Waals surface area contributed by atoms with Crippen LogP contribution in [0.3, 0.4) is 0 Å². The van der Waals surface area contributed by atoms with Gasteiger partial charge >= 0.3 is 0 Å². The highest BCUT2D eigenvalue weighted by Crippen LogP contribution is 2.23. The normalized spacial score (nSPS) is 10.3. The minimum atomic E-state index is 0.524. The lowest BCUT2D eigenvalue weighted by Gasteiger charge is -2.11. The van der Waals surface area contributed by atoms with Gasteiger partial charge in [0.25, 0.3) is 0 Å². The van der Waals surface area contributed by atoms with E-state index in [0.29, 0.717) is 6.54 Å². The topological polar surface area (TPSA) is 50.9 Å². The summed E-state index contributed by atoms with van der Waals surface area (Å²) in [7, 11) is 0. The smallest absolute Gasteiger partial charge is 0.130 e. The summed E-state index contributed by atoms with van der Waals surface area (Å²) in [6.45, 7) is 4.70. The van der Waals surface area contributed by atoms with E-state index in [0.717, 1.165) is 17.1 Å². The van der Waals surface area contributed by atoms with Gasteiger partial charge < -0.3 is 11.1 Å². The van der Waals surface area contributed by atoms with Gasteiger partial charge in [-0.25, -0.2) is 4.98 Å². The van der Waals surface area contributed by atoms with E-state index in [1.165, 1.54) is 11.1 Å². The summed E-state index contributed by atoms with van der Waals surface area (Å²) < 4.78 is 0. The Hall–Kier alpha value is -1.87. The van der Waals surface area contributed by atoms with Crippen molar-refractivity contribution >= 4 is 11.5 Å². The molecule has 1 aromatic heterocycles. The Morgan fingerprint density at radius 2 is 1.82 bits per heavy atom. The number of nitrogens with zero attached hydrogens (tertiary/aromatic N) is 1. The van der Waals surface area contributed by atoms with Gasteiger partial charge in [0, 0.05) is 18.4 Å². The van der Waals surface area contributed by atoms with Crippen LogP contribution in [0.2, 0.25) is 0 Å². The van der Waals surface area contributed by atoms with Crippen molar-refractivity contribution < 1.29 is 0 Å². The fourth-order valence-corrected chi connectivity index (χ4v) is 1.76. The molecule has 0 bridgehead atoms. The Labute approximate surface area is 102 Å². The number of nitrogens with two attached hydrogens (primary N) is 1. The van der Waals surface area contributed by atoms with Crippen molar-refractivity contribution in [3.05, 3.63) is 53.2 Å². The lowest BCUT2D eigenvalue weighted by Crippen LogP contribution is -2.00. The Morgan fingerprint density at radius 3 is 2.35 bits per heavy atom. The van der Waals surface area contributed by atoms with Crippen molar-refractivity contribution in [1.82, 2.24) is 4.98 Å². The van der Waals surface area contributed by atoms with Crippen molar-refractivity contribution in [2.75, 3.05) is 5.32 Å². The van der Waals surface area contributed by atoms with E-state index >= 15 is 0 Å². The standard InChI is InChI=1S/C14H17N3/c1-10-4-3-5-11(2)14(10)17-13-7-6-12(8-15)9-16-13/h3-7,9H,8,15H2,1-2H3,(H,16,17). The summed E-state index contributed by atoms with van der Waals surface area (Å²) in [6.07, 6.45) is 1.80. The quantitative estimate of drug-likeness (QED) is 0.847. The van der Waals surface area contributed by atoms with Gasteiger partial charge in [-0.15, -0.1) is 0 Å². The van der Waals surface area contributed by atoms with E-state index in [4.69, 9.17) is 5.73 Å². The molecule has 0 amide bonds. The molecule has 0 saturated carbocycles. The number of hydrogen-bond acceptors (Lipinski definition) is 3. The van der Waals surface area contributed by atoms with Crippen LogP contribution in [-0.4, -0.2) is 4.98 Å². The van der Waals surface area contributed by atoms with E-state index in [-0.39, 0.29) is 0 Å². The maximum atomic E-state index is 5.54. The van der Waals surface area contributed by atoms with Crippen LogP contribution in [0.5, 0.6) is 0 Å². The van der Waals surface area contributed by atoms with Gasteiger partial charge in [-0.05, 0) is 36.6 Å². The SMILES string of the molecule is Cc1cccc(C)c1Nc1ccc(CN)cn1. The van der Waals surface area contributed by atoms with Crippen molar-refractivity contribution in [3.63, 3.8) is 0 Å². The van der Waals surface area contributed by atoms with Gasteiger partial charge in [-0.2, -0.15) is 0 Å². The number of rotatable bonds is 3. The maximum Gasteiger partial charge on any atom is 0.130 e. The molecule has 88 valence electrons. The van der Waals surface area contributed by atoms with Crippen LogP contribution >= 0.6 is 0 Å². The first-order valence-electron chi connectivity index (χ1n) is 5.69. The highest BCUT2D eigenvalue weighted by molar-refractivity contribution is 5.64. The van der Waals surface area contributed by atoms with Crippen LogP contribution in [0, 0.1) is 13.8 Å².